The number of aliphatic carboxylic acids is 1. The first-order chi connectivity index (χ1) is 19.5. The molecule has 2 rings (SSSR count). The van der Waals surface area contributed by atoms with Crippen LogP contribution in [0.15, 0.2) is 60.7 Å². The van der Waals surface area contributed by atoms with Crippen LogP contribution in [0.25, 0.3) is 0 Å². The van der Waals surface area contributed by atoms with Crippen LogP contribution in [0.5, 0.6) is 0 Å². The first kappa shape index (κ1) is 32.6. The predicted molar refractivity (Wildman–Crippen MR) is 145 cm³/mol. The Hall–Kier alpha value is -4.61. The van der Waals surface area contributed by atoms with Gasteiger partial charge in [-0.1, -0.05) is 88.4 Å². The molecule has 0 bridgehead atoms. The number of hydrogen-bond acceptors (Lipinski definition) is 9. The van der Waals surface area contributed by atoms with Crippen LogP contribution in [-0.4, -0.2) is 53.6 Å². The largest absolute Gasteiger partial charge is 0.481 e. The standard InChI is InChI=1S/C29H36N2O10/c1-18(2)24(30-28(36)38-16-20-11-7-5-8-12-20)26(34)40-23(15-22(32)33)41-27(35)25(19(3)4)31-29(37)39-17-21-13-9-6-10-14-21/h5-14,18-19,23-25H,15-17H2,1-4H3,(H,30,36)(H,31,37)(H,32,33)/t24-,25-/m0/s1. The molecular weight excluding hydrogens is 536 g/mol. The second-order valence-electron chi connectivity index (χ2n) is 9.76. The molecule has 222 valence electrons. The monoisotopic (exact) mass is 572 g/mol. The molecule has 0 aliphatic heterocycles. The van der Waals surface area contributed by atoms with E-state index in [1.54, 1.807) is 76.2 Å². The minimum absolute atomic E-state index is 0.0385. The van der Waals surface area contributed by atoms with E-state index in [2.05, 4.69) is 10.6 Å². The third-order valence-corrected chi connectivity index (χ3v) is 5.65. The minimum atomic E-state index is -1.83. The van der Waals surface area contributed by atoms with Gasteiger partial charge >= 0.3 is 30.1 Å². The molecule has 0 spiro atoms. The maximum atomic E-state index is 12.9. The van der Waals surface area contributed by atoms with E-state index < -0.39 is 66.7 Å². The van der Waals surface area contributed by atoms with Crippen molar-refractivity contribution in [3.8, 4) is 0 Å². The summed E-state index contributed by atoms with van der Waals surface area (Å²) in [6.45, 7) is 6.43. The highest BCUT2D eigenvalue weighted by atomic mass is 16.7. The maximum absolute atomic E-state index is 12.9. The topological polar surface area (TPSA) is 167 Å². The van der Waals surface area contributed by atoms with Crippen molar-refractivity contribution >= 4 is 30.1 Å². The number of hydrogen-bond donors (Lipinski definition) is 3. The Morgan fingerprint density at radius 1 is 0.659 bits per heavy atom. The number of carboxylic acid groups (broad SMARTS) is 1. The van der Waals surface area contributed by atoms with E-state index in [0.29, 0.717) is 0 Å². The first-order valence-corrected chi connectivity index (χ1v) is 13.0. The highest BCUT2D eigenvalue weighted by molar-refractivity contribution is 5.83. The molecule has 2 atom stereocenters. The molecular formula is C29H36N2O10. The second-order valence-corrected chi connectivity index (χ2v) is 9.76. The predicted octanol–water partition coefficient (Wildman–Crippen LogP) is 3.78. The summed E-state index contributed by atoms with van der Waals surface area (Å²) in [6.07, 6.45) is -4.49. The highest BCUT2D eigenvalue weighted by Gasteiger charge is 2.34. The van der Waals surface area contributed by atoms with Crippen LogP contribution in [0.2, 0.25) is 0 Å². The molecule has 2 aromatic rings. The van der Waals surface area contributed by atoms with Gasteiger partial charge in [-0.25, -0.2) is 19.2 Å². The normalized spacial score (nSPS) is 12.3. The summed E-state index contributed by atoms with van der Waals surface area (Å²) in [4.78, 5) is 61.8. The number of carbonyl (C=O) groups excluding carboxylic acids is 4. The summed E-state index contributed by atoms with van der Waals surface area (Å²) in [5, 5.41) is 14.1. The van der Waals surface area contributed by atoms with Crippen LogP contribution in [0.3, 0.4) is 0 Å². The van der Waals surface area contributed by atoms with E-state index in [4.69, 9.17) is 18.9 Å². The molecule has 0 saturated heterocycles. The lowest BCUT2D eigenvalue weighted by molar-refractivity contribution is -0.195. The average Bonchev–Trinajstić information content (AvgIpc) is 2.92. The van der Waals surface area contributed by atoms with Gasteiger partial charge in [0.2, 0.25) is 0 Å². The fourth-order valence-corrected chi connectivity index (χ4v) is 3.43. The zero-order valence-corrected chi connectivity index (χ0v) is 23.4. The van der Waals surface area contributed by atoms with Gasteiger partial charge in [-0.15, -0.1) is 0 Å². The van der Waals surface area contributed by atoms with E-state index >= 15 is 0 Å². The first-order valence-electron chi connectivity index (χ1n) is 13.0. The van der Waals surface area contributed by atoms with E-state index in [-0.39, 0.29) is 13.2 Å². The van der Waals surface area contributed by atoms with Crippen molar-refractivity contribution in [3.63, 3.8) is 0 Å². The molecule has 0 radical (unpaired) electrons. The molecule has 2 amide bonds. The zero-order valence-electron chi connectivity index (χ0n) is 23.4. The molecule has 0 aliphatic rings. The van der Waals surface area contributed by atoms with E-state index in [1.807, 2.05) is 12.1 Å². The van der Waals surface area contributed by atoms with Crippen LogP contribution in [0.1, 0.15) is 45.2 Å². The fourth-order valence-electron chi connectivity index (χ4n) is 3.43. The quantitative estimate of drug-likeness (QED) is 0.172. The molecule has 12 heteroatoms. The summed E-state index contributed by atoms with van der Waals surface area (Å²) in [6, 6.07) is 15.3. The van der Waals surface area contributed by atoms with E-state index in [0.717, 1.165) is 11.1 Å². The minimum Gasteiger partial charge on any atom is -0.481 e. The van der Waals surface area contributed by atoms with Gasteiger partial charge in [0.05, 0.1) is 0 Å². The molecule has 0 aliphatic carbocycles. The molecule has 0 unspecified atom stereocenters. The number of alkyl carbamates (subject to hydrolysis) is 2. The zero-order chi connectivity index (χ0) is 30.4. The van der Waals surface area contributed by atoms with Gasteiger partial charge in [0.15, 0.2) is 0 Å². The second kappa shape index (κ2) is 16.5. The lowest BCUT2D eigenvalue weighted by atomic mass is 10.0. The fraction of sp³-hybridized carbons (Fsp3) is 0.414. The smallest absolute Gasteiger partial charge is 0.408 e. The van der Waals surface area contributed by atoms with Crippen molar-refractivity contribution in [2.24, 2.45) is 11.8 Å². The van der Waals surface area contributed by atoms with Gasteiger partial charge < -0.3 is 34.7 Å². The molecule has 0 fully saturated rings. The lowest BCUT2D eigenvalue weighted by Crippen LogP contribution is -2.49. The van der Waals surface area contributed by atoms with Crippen molar-refractivity contribution < 1.29 is 48.0 Å². The summed E-state index contributed by atoms with van der Waals surface area (Å²) >= 11 is 0. The Morgan fingerprint density at radius 3 is 1.34 bits per heavy atom. The molecule has 2 aromatic carbocycles. The van der Waals surface area contributed by atoms with Crippen molar-refractivity contribution in [1.29, 1.82) is 0 Å². The van der Waals surface area contributed by atoms with Crippen molar-refractivity contribution in [1.82, 2.24) is 10.6 Å². The summed E-state index contributed by atoms with van der Waals surface area (Å²) in [5.41, 5.74) is 1.47. The Kier molecular flexibility index (Phi) is 13.1. The van der Waals surface area contributed by atoms with Crippen LogP contribution in [0.4, 0.5) is 9.59 Å². The number of rotatable bonds is 14. The molecule has 0 aromatic heterocycles. The lowest BCUT2D eigenvalue weighted by Gasteiger charge is -2.26. The number of amides is 2. The highest BCUT2D eigenvalue weighted by Crippen LogP contribution is 2.13. The van der Waals surface area contributed by atoms with E-state index in [1.165, 1.54) is 0 Å². The third-order valence-electron chi connectivity index (χ3n) is 5.65. The van der Waals surface area contributed by atoms with Gasteiger partial charge in [-0.3, -0.25) is 4.79 Å². The van der Waals surface area contributed by atoms with Gasteiger partial charge in [0.25, 0.3) is 6.29 Å². The van der Waals surface area contributed by atoms with Crippen LogP contribution >= 0.6 is 0 Å². The maximum Gasteiger partial charge on any atom is 0.408 e. The molecule has 0 heterocycles. The summed E-state index contributed by atoms with van der Waals surface area (Å²) in [7, 11) is 0. The van der Waals surface area contributed by atoms with Crippen molar-refractivity contribution in [2.75, 3.05) is 0 Å². The molecule has 41 heavy (non-hydrogen) atoms. The Balaban J connectivity index is 2.00. The van der Waals surface area contributed by atoms with Gasteiger partial charge in [-0.2, -0.15) is 0 Å². The van der Waals surface area contributed by atoms with Crippen LogP contribution in [0, 0.1) is 11.8 Å². The van der Waals surface area contributed by atoms with Crippen LogP contribution in [-0.2, 0) is 46.5 Å². The number of nitrogens with one attached hydrogen (secondary N) is 2. The number of esters is 2. The van der Waals surface area contributed by atoms with Gasteiger partial charge in [-0.05, 0) is 23.0 Å². The van der Waals surface area contributed by atoms with Crippen molar-refractivity contribution in [3.05, 3.63) is 71.8 Å². The number of benzene rings is 2. The average molecular weight is 573 g/mol. The number of carboxylic acids is 1. The Labute approximate surface area is 238 Å². The Morgan fingerprint density at radius 2 is 1.02 bits per heavy atom. The molecule has 0 saturated carbocycles. The molecule has 12 nitrogen and oxygen atoms in total. The summed E-state index contributed by atoms with van der Waals surface area (Å²) in [5.74, 6) is -4.46. The number of ether oxygens (including phenoxy) is 4. The van der Waals surface area contributed by atoms with Crippen molar-refractivity contribution in [2.45, 2.75) is 65.7 Å². The van der Waals surface area contributed by atoms with Gasteiger partial charge in [0, 0.05) is 0 Å². The molecule has 3 N–H and O–H groups in total. The van der Waals surface area contributed by atoms with E-state index in [9.17, 15) is 29.1 Å². The summed E-state index contributed by atoms with van der Waals surface area (Å²) < 4.78 is 20.7. The van der Waals surface area contributed by atoms with Gasteiger partial charge in [0.1, 0.15) is 31.7 Å². The van der Waals surface area contributed by atoms with Crippen LogP contribution < -0.4 is 10.6 Å². The SMILES string of the molecule is CC(C)[C@H](NC(=O)OCc1ccccc1)C(=O)OC(CC(=O)O)OC(=O)[C@@H](NC(=O)OCc1ccccc1)C(C)C. The third kappa shape index (κ3) is 12.0. The Bertz CT molecular complexity index is 1070. The number of carbonyl (C=O) groups is 5.